The van der Waals surface area contributed by atoms with Crippen molar-refractivity contribution in [3.63, 3.8) is 0 Å². The molecular weight excluding hydrogens is 804 g/mol. The molecule has 330 valence electrons. The largest absolute Gasteiger partial charge is 0.507 e. The number of phenolic OH excluding ortho intramolecular Hbond substituents is 1. The Bertz CT molecular complexity index is 2550. The molecule has 7 heterocycles. The van der Waals surface area contributed by atoms with Crippen molar-refractivity contribution in [2.75, 3.05) is 75.0 Å². The van der Waals surface area contributed by atoms with Crippen LogP contribution in [0.3, 0.4) is 0 Å². The Morgan fingerprint density at radius 2 is 1.76 bits per heavy atom. The maximum atomic E-state index is 16.5. The number of amides is 4. The Morgan fingerprint density at radius 1 is 0.984 bits per heavy atom. The molecule has 0 saturated carbocycles. The summed E-state index contributed by atoms with van der Waals surface area (Å²) in [5.74, 6) is 0.145. The number of piperidine rings is 3. The van der Waals surface area contributed by atoms with Gasteiger partial charge in [0.2, 0.25) is 5.91 Å². The number of pyridine rings is 1. The van der Waals surface area contributed by atoms with Gasteiger partial charge in [-0.25, -0.2) is 14.2 Å². The van der Waals surface area contributed by atoms with E-state index in [1.165, 1.54) is 0 Å². The number of carbonyl (C=O) groups excluding carboxylic acids is 3. The quantitative estimate of drug-likeness (QED) is 0.156. The van der Waals surface area contributed by atoms with Gasteiger partial charge in [-0.2, -0.15) is 0 Å². The third-order valence-electron chi connectivity index (χ3n) is 13.6. The topological polar surface area (TPSA) is 175 Å². The van der Waals surface area contributed by atoms with Gasteiger partial charge in [0.1, 0.15) is 17.1 Å². The highest BCUT2D eigenvalue weighted by Gasteiger charge is 2.39. The van der Waals surface area contributed by atoms with Crippen LogP contribution in [-0.4, -0.2) is 124 Å². The number of hydrogen-bond donors (Lipinski definition) is 3. The molecule has 15 nitrogen and oxygen atoms in total. The smallest absolute Gasteiger partial charge is 0.328 e. The summed E-state index contributed by atoms with van der Waals surface area (Å²) in [6, 6.07) is 16.5. The van der Waals surface area contributed by atoms with E-state index in [0.29, 0.717) is 80.4 Å². The molecule has 3 aromatic heterocycles. The van der Waals surface area contributed by atoms with Crippen molar-refractivity contribution in [1.82, 2.24) is 34.9 Å². The molecule has 4 fully saturated rings. The van der Waals surface area contributed by atoms with E-state index >= 15 is 4.39 Å². The number of rotatable bonds is 9. The van der Waals surface area contributed by atoms with Crippen LogP contribution >= 0.6 is 0 Å². The molecule has 0 radical (unpaired) electrons. The number of halogens is 1. The maximum absolute atomic E-state index is 16.5. The number of fused-ring (bicyclic) bond motifs is 1. The molecule has 16 heteroatoms. The molecule has 2 atom stereocenters. The molecule has 4 N–H and O–H groups in total. The van der Waals surface area contributed by atoms with Crippen LogP contribution in [0.1, 0.15) is 77.5 Å². The number of nitrogens with zero attached hydrogens (tertiary/aromatic N) is 8. The number of aryl methyl sites for hydroxylation is 2. The van der Waals surface area contributed by atoms with E-state index in [1.54, 1.807) is 41.3 Å². The fraction of sp³-hybridized carbons (Fsp3) is 0.447. The molecule has 9 rings (SSSR count). The van der Waals surface area contributed by atoms with Crippen molar-refractivity contribution in [1.29, 1.82) is 0 Å². The predicted octanol–water partition coefficient (Wildman–Crippen LogP) is 6.13. The number of aromatic nitrogens is 4. The number of urea groups is 1. The van der Waals surface area contributed by atoms with E-state index in [0.717, 1.165) is 65.8 Å². The monoisotopic (exact) mass is 858 g/mol. The first-order chi connectivity index (χ1) is 30.4. The van der Waals surface area contributed by atoms with Gasteiger partial charge in [-0.1, -0.05) is 18.2 Å². The number of nitrogens with one attached hydrogen (secondary N) is 1. The number of benzene rings is 2. The number of aromatic hydroxyl groups is 1. The summed E-state index contributed by atoms with van der Waals surface area (Å²) >= 11 is 0. The van der Waals surface area contributed by atoms with Crippen LogP contribution in [0.15, 0.2) is 67.0 Å². The Kier molecular flexibility index (Phi) is 11.5. The highest BCUT2D eigenvalue weighted by Crippen LogP contribution is 2.38. The van der Waals surface area contributed by atoms with Gasteiger partial charge in [0, 0.05) is 113 Å². The van der Waals surface area contributed by atoms with E-state index in [9.17, 15) is 19.5 Å². The summed E-state index contributed by atoms with van der Waals surface area (Å²) < 4.78 is 24.6. The zero-order valence-electron chi connectivity index (χ0n) is 36.1. The third kappa shape index (κ3) is 8.53. The van der Waals surface area contributed by atoms with E-state index in [2.05, 4.69) is 36.1 Å². The lowest BCUT2D eigenvalue weighted by molar-refractivity contribution is -0.120. The number of imide groups is 1. The van der Waals surface area contributed by atoms with Gasteiger partial charge in [0.25, 0.3) is 5.91 Å². The highest BCUT2D eigenvalue weighted by molar-refractivity contribution is 6.06. The standard InChI is InChI=1S/C47H55FN10O5/c1-29-20-31(8-9-36(29)32-21-35(63-3)27-56(26-32)40-23-39(52-53-43(40)49)37-6-4-5-7-41(37)59)45(61)55-18-13-47(48,14-19-55)28-54-15-10-33(11-16-54)58-25-30(2)38-22-34(24-50-44(38)58)57-17-12-42(60)51-46(57)62/h4-9,20,22-25,32-33,35,59H,10-19,21,26-28H2,1-3H3,(H2,49,53)(H,51,60,62)/t32-,35+/m0/s1. The van der Waals surface area contributed by atoms with Gasteiger partial charge < -0.3 is 34.8 Å². The molecule has 0 bridgehead atoms. The third-order valence-corrected chi connectivity index (χ3v) is 13.6. The van der Waals surface area contributed by atoms with Crippen molar-refractivity contribution in [2.45, 2.75) is 76.1 Å². The van der Waals surface area contributed by atoms with Gasteiger partial charge >= 0.3 is 6.03 Å². The fourth-order valence-electron chi connectivity index (χ4n) is 10.1. The van der Waals surface area contributed by atoms with Gasteiger partial charge in [-0.05, 0) is 86.2 Å². The van der Waals surface area contributed by atoms with Crippen molar-refractivity contribution in [3.8, 4) is 17.0 Å². The first-order valence-corrected chi connectivity index (χ1v) is 22.0. The average molecular weight is 859 g/mol. The Labute approximate surface area is 366 Å². The Balaban J connectivity index is 0.796. The van der Waals surface area contributed by atoms with Crippen molar-refractivity contribution in [2.24, 2.45) is 0 Å². The van der Waals surface area contributed by atoms with E-state index < -0.39 is 11.7 Å². The fourth-order valence-corrected chi connectivity index (χ4v) is 10.1. The van der Waals surface area contributed by atoms with Crippen molar-refractivity contribution >= 4 is 46.1 Å². The predicted molar refractivity (Wildman–Crippen MR) is 239 cm³/mol. The number of alkyl halides is 1. The highest BCUT2D eigenvalue weighted by atomic mass is 19.1. The number of para-hydroxylation sites is 1. The lowest BCUT2D eigenvalue weighted by Crippen LogP contribution is -2.51. The minimum Gasteiger partial charge on any atom is -0.507 e. The minimum atomic E-state index is -1.37. The molecule has 0 aliphatic carbocycles. The van der Waals surface area contributed by atoms with Gasteiger partial charge in [0.05, 0.1) is 29.4 Å². The van der Waals surface area contributed by atoms with Crippen LogP contribution in [0.2, 0.25) is 0 Å². The van der Waals surface area contributed by atoms with Gasteiger partial charge in [-0.3, -0.25) is 19.8 Å². The minimum absolute atomic E-state index is 0.0741. The second kappa shape index (κ2) is 17.2. The lowest BCUT2D eigenvalue weighted by atomic mass is 9.85. The second-order valence-corrected chi connectivity index (χ2v) is 17.8. The molecule has 0 unspecified atom stereocenters. The van der Waals surface area contributed by atoms with Gasteiger partial charge in [-0.15, -0.1) is 10.2 Å². The summed E-state index contributed by atoms with van der Waals surface area (Å²) in [5, 5.41) is 22.3. The van der Waals surface area contributed by atoms with Crippen molar-refractivity contribution in [3.05, 3.63) is 89.2 Å². The molecule has 4 saturated heterocycles. The molecule has 4 aliphatic heterocycles. The Hall–Kier alpha value is -6.13. The molecule has 2 aromatic carbocycles. The summed E-state index contributed by atoms with van der Waals surface area (Å²) in [6.45, 7) is 8.26. The lowest BCUT2D eigenvalue weighted by Gasteiger charge is -2.41. The van der Waals surface area contributed by atoms with E-state index in [4.69, 9.17) is 15.5 Å². The zero-order chi connectivity index (χ0) is 44.0. The number of nitrogen functional groups attached to an aromatic ring is 1. The van der Waals surface area contributed by atoms with Crippen molar-refractivity contribution < 1.29 is 28.6 Å². The SMILES string of the molecule is CO[C@@H]1C[C@H](c2ccc(C(=O)N3CCC(F)(CN4CCC(n5cc(C)c6cc(N7CCC(=O)NC7=O)cnc65)CC4)CC3)cc2C)CN(c2cc(-c3ccccc3O)nnc2N)C1. The number of nitrogens with two attached hydrogens (primary N) is 1. The number of hydrogen-bond acceptors (Lipinski definition) is 11. The maximum Gasteiger partial charge on any atom is 0.328 e. The molecular formula is C47H55FN10O5. The summed E-state index contributed by atoms with van der Waals surface area (Å²) in [7, 11) is 1.71. The zero-order valence-corrected chi connectivity index (χ0v) is 36.1. The normalized spacial score (nSPS) is 21.2. The van der Waals surface area contributed by atoms with E-state index in [1.807, 2.05) is 50.2 Å². The molecule has 63 heavy (non-hydrogen) atoms. The number of carbonyl (C=O) groups is 3. The number of methoxy groups -OCH3 is 1. The van der Waals surface area contributed by atoms with Crippen LogP contribution in [0.4, 0.5) is 26.4 Å². The molecule has 4 amide bonds. The molecule has 5 aromatic rings. The van der Waals surface area contributed by atoms with Crippen LogP contribution in [0, 0.1) is 13.8 Å². The van der Waals surface area contributed by atoms with Crippen LogP contribution < -0.4 is 20.9 Å². The number of ether oxygens (including phenoxy) is 1. The van der Waals surface area contributed by atoms with Crippen LogP contribution in [0.25, 0.3) is 22.3 Å². The average Bonchev–Trinajstić information content (AvgIpc) is 3.61. The summed E-state index contributed by atoms with van der Waals surface area (Å²) in [6.07, 6.45) is 7.09. The summed E-state index contributed by atoms with van der Waals surface area (Å²) in [5.41, 5.74) is 12.1. The Morgan fingerprint density at radius 3 is 2.49 bits per heavy atom. The summed E-state index contributed by atoms with van der Waals surface area (Å²) in [4.78, 5) is 50.5. The van der Waals surface area contributed by atoms with E-state index in [-0.39, 0.29) is 42.0 Å². The second-order valence-electron chi connectivity index (χ2n) is 17.8. The molecule has 4 aliphatic rings. The van der Waals surface area contributed by atoms with Crippen LogP contribution in [-0.2, 0) is 9.53 Å². The number of likely N-dealkylation sites (tertiary alicyclic amines) is 2. The van der Waals surface area contributed by atoms with Crippen LogP contribution in [0.5, 0.6) is 5.75 Å². The van der Waals surface area contributed by atoms with Gasteiger partial charge in [0.15, 0.2) is 5.82 Å². The number of phenols is 1. The molecule has 0 spiro atoms. The number of anilines is 3. The first kappa shape index (κ1) is 42.2. The first-order valence-electron chi connectivity index (χ1n) is 22.0.